The second kappa shape index (κ2) is 24.9. The van der Waals surface area contributed by atoms with Crippen molar-refractivity contribution in [3.63, 3.8) is 0 Å². The van der Waals surface area contributed by atoms with Crippen LogP contribution in [0.25, 0.3) is 0 Å². The van der Waals surface area contributed by atoms with E-state index in [1.54, 1.807) is 7.11 Å². The number of methoxy groups -OCH3 is 1. The first-order valence-electron chi connectivity index (χ1n) is 8.43. The molecular weight excluding hydrogens is 466 g/mol. The van der Waals surface area contributed by atoms with Crippen molar-refractivity contribution in [2.24, 2.45) is 0 Å². The van der Waals surface area contributed by atoms with Gasteiger partial charge in [0.05, 0.1) is 0 Å². The first-order chi connectivity index (χ1) is 16.3. The van der Waals surface area contributed by atoms with Gasteiger partial charge in [-0.25, -0.2) is 0 Å². The Hall–Kier alpha value is -3.34. The Balaban J connectivity index is -0.000000798. The molecule has 2 aromatic carbocycles. The molecule has 1 unspecified atom stereocenters. The van der Waals surface area contributed by atoms with E-state index in [1.165, 1.54) is 0 Å². The number of rotatable bonds is 5. The maximum atomic E-state index is 7.50. The SMILES string of the molecule is COc1ccccc1N(CC1CO1)[C](=[Cr])C#Cc1ccccc1.[C-]#[O+].[C-]#[O+].[C-]#[O+].[C-]#[O+].[C-]#[O+]. The van der Waals surface area contributed by atoms with E-state index in [1.807, 2.05) is 54.6 Å². The van der Waals surface area contributed by atoms with Crippen molar-refractivity contribution >= 4 is 10.2 Å². The molecule has 8 nitrogen and oxygen atoms in total. The average Bonchev–Trinajstić information content (AvgIpc) is 3.76. The van der Waals surface area contributed by atoms with Crippen LogP contribution in [0.5, 0.6) is 5.75 Å². The third-order valence-corrected chi connectivity index (χ3v) is 4.00. The first kappa shape index (κ1) is 34.3. The van der Waals surface area contributed by atoms with E-state index in [9.17, 15) is 0 Å². The molecule has 33 heavy (non-hydrogen) atoms. The summed E-state index contributed by atoms with van der Waals surface area (Å²) in [6, 6.07) is 17.9. The maximum absolute atomic E-state index is 7.50. The molecule has 1 aliphatic rings. The fraction of sp³-hybridized carbons (Fsp3) is 0.167. The van der Waals surface area contributed by atoms with Gasteiger partial charge >= 0.3 is 201 Å². The first-order valence-corrected chi connectivity index (χ1v) is 9.07. The van der Waals surface area contributed by atoms with E-state index in [-0.39, 0.29) is 6.10 Å². The molecule has 0 aliphatic carbocycles. The Labute approximate surface area is 201 Å². The van der Waals surface area contributed by atoms with Crippen molar-refractivity contribution in [3.8, 4) is 17.6 Å². The summed E-state index contributed by atoms with van der Waals surface area (Å²) < 4.78 is 49.2. The molecule has 3 rings (SSSR count). The molecule has 2 aromatic rings. The van der Waals surface area contributed by atoms with Crippen molar-refractivity contribution in [3.05, 3.63) is 93.4 Å². The Morgan fingerprint density at radius 1 is 0.939 bits per heavy atom. The van der Waals surface area contributed by atoms with E-state index >= 15 is 0 Å². The van der Waals surface area contributed by atoms with Gasteiger partial charge in [0.2, 0.25) is 0 Å². The molecule has 0 amide bonds. The summed E-state index contributed by atoms with van der Waals surface area (Å²) in [6.07, 6.45) is 0.252. The topological polar surface area (TPSA) is 124 Å². The molecule has 1 aliphatic heterocycles. The van der Waals surface area contributed by atoms with E-state index < -0.39 is 0 Å². The Morgan fingerprint density at radius 2 is 1.42 bits per heavy atom. The van der Waals surface area contributed by atoms with Crippen molar-refractivity contribution in [1.82, 2.24) is 0 Å². The molecule has 9 heteroatoms. The van der Waals surface area contributed by atoms with Crippen LogP contribution in [0.2, 0.25) is 0 Å². The molecule has 0 bridgehead atoms. The van der Waals surface area contributed by atoms with Gasteiger partial charge in [-0.1, -0.05) is 0 Å². The number of ether oxygens (including phenoxy) is 2. The summed E-state index contributed by atoms with van der Waals surface area (Å²) >= 11 is 3.09. The zero-order valence-electron chi connectivity index (χ0n) is 17.4. The predicted molar refractivity (Wildman–Crippen MR) is 108 cm³/mol. The van der Waals surface area contributed by atoms with Gasteiger partial charge in [-0.2, -0.15) is 0 Å². The molecule has 0 saturated carbocycles. The van der Waals surface area contributed by atoms with Crippen LogP contribution >= 0.6 is 0 Å². The second-order valence-corrected chi connectivity index (χ2v) is 5.76. The second-order valence-electron chi connectivity index (χ2n) is 5.16. The van der Waals surface area contributed by atoms with Crippen molar-refractivity contribution in [2.75, 3.05) is 25.2 Å². The van der Waals surface area contributed by atoms with Crippen LogP contribution in [-0.2, 0) is 43.8 Å². The minimum absolute atomic E-state index is 0.252. The van der Waals surface area contributed by atoms with Gasteiger partial charge in [0.1, 0.15) is 0 Å². The van der Waals surface area contributed by atoms with E-state index in [0.29, 0.717) is 0 Å². The zero-order chi connectivity index (χ0) is 26.1. The standard InChI is InChI=1S/C19H17NO2.5CO.Cr/c1-21-19-12-6-5-11-18(19)20(14-17-15-22-17)13-7-10-16-8-3-2-4-9-16;5*1-2;/h2-6,8-9,11-12,17H,14-15H2,1H3;;;;;;. The molecule has 0 aromatic heterocycles. The number of para-hydroxylation sites is 2. The van der Waals surface area contributed by atoms with Crippen molar-refractivity contribution in [1.29, 1.82) is 0 Å². The fourth-order valence-corrected chi connectivity index (χ4v) is 2.58. The van der Waals surface area contributed by atoms with Gasteiger partial charge in [-0.3, -0.25) is 0 Å². The zero-order valence-corrected chi connectivity index (χ0v) is 18.7. The summed E-state index contributed by atoms with van der Waals surface area (Å²) in [5.74, 6) is 7.21. The van der Waals surface area contributed by atoms with Gasteiger partial charge < -0.3 is 0 Å². The number of benzene rings is 2. The minimum atomic E-state index is 0.252. The van der Waals surface area contributed by atoms with Crippen molar-refractivity contribution in [2.45, 2.75) is 6.10 Å². The molecule has 0 spiro atoms. The van der Waals surface area contributed by atoms with Gasteiger partial charge in [0.25, 0.3) is 0 Å². The van der Waals surface area contributed by atoms with Crippen LogP contribution in [0, 0.1) is 45.1 Å². The van der Waals surface area contributed by atoms with Gasteiger partial charge in [-0.05, 0) is 0 Å². The van der Waals surface area contributed by atoms with Crippen LogP contribution in [0.4, 0.5) is 5.69 Å². The quantitative estimate of drug-likeness (QED) is 0.281. The molecule has 1 heterocycles. The summed E-state index contributed by atoms with van der Waals surface area (Å²) in [5, 5.41) is 0. The molecule has 166 valence electrons. The van der Waals surface area contributed by atoms with Gasteiger partial charge in [0.15, 0.2) is 0 Å². The number of hydrogen-bond acceptors (Lipinski definition) is 3. The molecule has 1 atom stereocenters. The molecule has 1 saturated heterocycles. The monoisotopic (exact) mass is 483 g/mol. The summed E-state index contributed by atoms with van der Waals surface area (Å²) in [7, 11) is 1.68. The van der Waals surface area contributed by atoms with Gasteiger partial charge in [0, 0.05) is 0 Å². The number of hydrogen-bond donors (Lipinski definition) is 0. The number of anilines is 1. The average molecular weight is 483 g/mol. The molecule has 1 fully saturated rings. The number of nitrogens with zero attached hydrogens (tertiary/aromatic N) is 1. The normalized spacial score (nSPS) is 10.9. The molecule has 0 N–H and O–H groups in total. The summed E-state index contributed by atoms with van der Waals surface area (Å²) in [5.41, 5.74) is 1.98. The molecular formula is C24H17CrNO7. The van der Waals surface area contributed by atoms with Crippen LogP contribution < -0.4 is 9.64 Å². The van der Waals surface area contributed by atoms with Crippen molar-refractivity contribution < 1.29 is 48.6 Å². The van der Waals surface area contributed by atoms with E-state index in [0.717, 1.165) is 34.7 Å². The van der Waals surface area contributed by atoms with Crippen LogP contribution in [0.3, 0.4) is 0 Å². The Bertz CT molecular complexity index is 930. The van der Waals surface area contributed by atoms with Gasteiger partial charge in [-0.15, -0.1) is 0 Å². The Kier molecular flexibility index (Phi) is 25.9. The molecule has 0 radical (unpaired) electrons. The Morgan fingerprint density at radius 3 is 1.91 bits per heavy atom. The summed E-state index contributed by atoms with van der Waals surface area (Å²) in [4.78, 5) is 2.12. The predicted octanol–water partition coefficient (Wildman–Crippen LogP) is 2.44. The van der Waals surface area contributed by atoms with Crippen LogP contribution in [0.15, 0.2) is 54.6 Å². The van der Waals surface area contributed by atoms with Crippen LogP contribution in [-0.4, -0.2) is 30.9 Å². The van der Waals surface area contributed by atoms with E-state index in [2.05, 4.69) is 65.8 Å². The third kappa shape index (κ3) is 14.4. The summed E-state index contributed by atoms with van der Waals surface area (Å²) in [6.45, 7) is 24.1. The fourth-order valence-electron chi connectivity index (χ4n) is 2.24. The number of epoxide rings is 1. The van der Waals surface area contributed by atoms with Crippen LogP contribution in [0.1, 0.15) is 5.56 Å². The van der Waals surface area contributed by atoms with E-state index in [4.69, 9.17) is 32.7 Å². The third-order valence-electron chi connectivity index (χ3n) is 3.50.